The van der Waals surface area contributed by atoms with Gasteiger partial charge in [0.1, 0.15) is 5.58 Å². The first-order valence-electron chi connectivity index (χ1n) is 7.54. The smallest absolute Gasteiger partial charge is 0.336 e. The van der Waals surface area contributed by atoms with E-state index in [9.17, 15) is 4.79 Å². The van der Waals surface area contributed by atoms with Crippen molar-refractivity contribution in [3.05, 3.63) is 45.8 Å². The molecule has 0 bridgehead atoms. The van der Waals surface area contributed by atoms with Crippen LogP contribution < -0.4 is 10.9 Å². The van der Waals surface area contributed by atoms with E-state index in [1.165, 1.54) is 0 Å². The Kier molecular flexibility index (Phi) is 3.83. The van der Waals surface area contributed by atoms with Gasteiger partial charge in [-0.25, -0.2) is 4.79 Å². The van der Waals surface area contributed by atoms with Crippen LogP contribution in [0.15, 0.2) is 33.5 Å². The molecule has 1 aromatic heterocycles. The lowest BCUT2D eigenvalue weighted by atomic mass is 10.1. The molecule has 2 unspecified atom stereocenters. The van der Waals surface area contributed by atoms with E-state index in [2.05, 4.69) is 36.2 Å². The van der Waals surface area contributed by atoms with Gasteiger partial charge in [-0.05, 0) is 38.0 Å². The minimum Gasteiger partial charge on any atom is -0.423 e. The molecule has 0 radical (unpaired) electrons. The highest BCUT2D eigenvalue weighted by atomic mass is 16.4. The molecule has 0 spiro atoms. The van der Waals surface area contributed by atoms with Crippen LogP contribution in [0.2, 0.25) is 0 Å². The zero-order valence-electron chi connectivity index (χ0n) is 12.8. The van der Waals surface area contributed by atoms with Crippen LogP contribution in [0.3, 0.4) is 0 Å². The molecule has 1 fully saturated rings. The summed E-state index contributed by atoms with van der Waals surface area (Å²) in [5.74, 6) is 0. The second-order valence-corrected chi connectivity index (χ2v) is 6.18. The predicted molar refractivity (Wildman–Crippen MR) is 84.6 cm³/mol. The summed E-state index contributed by atoms with van der Waals surface area (Å²) in [5, 5.41) is 4.52. The van der Waals surface area contributed by atoms with Gasteiger partial charge in [-0.3, -0.25) is 4.90 Å². The lowest BCUT2D eigenvalue weighted by Crippen LogP contribution is -2.53. The van der Waals surface area contributed by atoms with E-state index in [4.69, 9.17) is 4.42 Å². The number of rotatable bonds is 2. The number of hydrogen-bond acceptors (Lipinski definition) is 4. The number of piperazine rings is 1. The molecule has 4 nitrogen and oxygen atoms in total. The quantitative estimate of drug-likeness (QED) is 0.860. The van der Waals surface area contributed by atoms with Crippen LogP contribution in [-0.4, -0.2) is 30.1 Å². The van der Waals surface area contributed by atoms with Crippen molar-refractivity contribution in [1.29, 1.82) is 0 Å². The average Bonchev–Trinajstić information content (AvgIpc) is 2.42. The molecule has 2 aromatic rings. The Morgan fingerprint density at radius 2 is 2.14 bits per heavy atom. The molecule has 112 valence electrons. The van der Waals surface area contributed by atoms with Gasteiger partial charge < -0.3 is 9.73 Å². The van der Waals surface area contributed by atoms with Crippen molar-refractivity contribution in [2.24, 2.45) is 0 Å². The standard InChI is InChI=1S/C17H22N2O2/c1-11-4-5-15-14(7-17(20)21-16(15)6-11)10-19-9-12(2)18-8-13(19)3/h4-7,12-13,18H,8-10H2,1-3H3. The normalized spacial score (nSPS) is 23.6. The number of benzene rings is 1. The van der Waals surface area contributed by atoms with E-state index in [0.29, 0.717) is 17.7 Å². The van der Waals surface area contributed by atoms with Gasteiger partial charge in [0.05, 0.1) is 0 Å². The molecule has 1 aliphatic rings. The van der Waals surface area contributed by atoms with Gasteiger partial charge in [0.2, 0.25) is 0 Å². The summed E-state index contributed by atoms with van der Waals surface area (Å²) in [6, 6.07) is 8.64. The molecule has 0 aliphatic carbocycles. The Hall–Kier alpha value is -1.65. The lowest BCUT2D eigenvalue weighted by Gasteiger charge is -2.37. The van der Waals surface area contributed by atoms with Crippen LogP contribution in [0.4, 0.5) is 0 Å². The molecule has 1 saturated heterocycles. The van der Waals surface area contributed by atoms with Gasteiger partial charge >= 0.3 is 5.63 Å². The van der Waals surface area contributed by atoms with Crippen LogP contribution >= 0.6 is 0 Å². The van der Waals surface area contributed by atoms with E-state index < -0.39 is 0 Å². The van der Waals surface area contributed by atoms with Crippen molar-refractivity contribution in [3.63, 3.8) is 0 Å². The third kappa shape index (κ3) is 3.01. The highest BCUT2D eigenvalue weighted by molar-refractivity contribution is 5.80. The predicted octanol–water partition coefficient (Wildman–Crippen LogP) is 2.28. The molecule has 21 heavy (non-hydrogen) atoms. The monoisotopic (exact) mass is 286 g/mol. The molecule has 3 rings (SSSR count). The van der Waals surface area contributed by atoms with Crippen molar-refractivity contribution in [1.82, 2.24) is 10.2 Å². The Bertz CT molecular complexity index is 707. The van der Waals surface area contributed by atoms with E-state index in [-0.39, 0.29) is 5.63 Å². The fourth-order valence-corrected chi connectivity index (χ4v) is 3.00. The van der Waals surface area contributed by atoms with Gasteiger partial charge in [0, 0.05) is 43.2 Å². The summed E-state index contributed by atoms with van der Waals surface area (Å²) in [4.78, 5) is 14.2. The van der Waals surface area contributed by atoms with Gasteiger partial charge in [-0.15, -0.1) is 0 Å². The molecule has 4 heteroatoms. The van der Waals surface area contributed by atoms with Crippen LogP contribution in [-0.2, 0) is 6.54 Å². The van der Waals surface area contributed by atoms with Gasteiger partial charge in [-0.1, -0.05) is 12.1 Å². The summed E-state index contributed by atoms with van der Waals surface area (Å²) < 4.78 is 5.33. The first-order valence-corrected chi connectivity index (χ1v) is 7.54. The fourth-order valence-electron chi connectivity index (χ4n) is 3.00. The second-order valence-electron chi connectivity index (χ2n) is 6.18. The Labute approximate surface area is 124 Å². The Balaban J connectivity index is 1.98. The Morgan fingerprint density at radius 1 is 1.33 bits per heavy atom. The van der Waals surface area contributed by atoms with Gasteiger partial charge in [-0.2, -0.15) is 0 Å². The summed E-state index contributed by atoms with van der Waals surface area (Å²) >= 11 is 0. The second kappa shape index (κ2) is 5.62. The van der Waals surface area contributed by atoms with E-state index >= 15 is 0 Å². The van der Waals surface area contributed by atoms with Crippen molar-refractivity contribution in [3.8, 4) is 0 Å². The van der Waals surface area contributed by atoms with Crippen LogP contribution in [0.5, 0.6) is 0 Å². The molecule has 0 amide bonds. The molecule has 1 aromatic carbocycles. The van der Waals surface area contributed by atoms with Crippen LogP contribution in [0.1, 0.15) is 25.0 Å². The minimum absolute atomic E-state index is 0.265. The van der Waals surface area contributed by atoms with Gasteiger partial charge in [0.25, 0.3) is 0 Å². The maximum absolute atomic E-state index is 11.8. The molecular formula is C17H22N2O2. The largest absolute Gasteiger partial charge is 0.423 e. The number of aryl methyl sites for hydroxylation is 1. The van der Waals surface area contributed by atoms with Crippen molar-refractivity contribution in [2.75, 3.05) is 13.1 Å². The summed E-state index contributed by atoms with van der Waals surface area (Å²) in [5.41, 5.74) is 2.58. The third-order valence-electron chi connectivity index (χ3n) is 4.25. The third-order valence-corrected chi connectivity index (χ3v) is 4.25. The maximum atomic E-state index is 11.8. The molecule has 2 atom stereocenters. The lowest BCUT2D eigenvalue weighted by molar-refractivity contribution is 0.139. The Morgan fingerprint density at radius 3 is 2.95 bits per heavy atom. The zero-order valence-corrected chi connectivity index (χ0v) is 12.8. The number of nitrogens with one attached hydrogen (secondary N) is 1. The zero-order chi connectivity index (χ0) is 15.0. The van der Waals surface area contributed by atoms with E-state index in [1.807, 2.05) is 13.0 Å². The summed E-state index contributed by atoms with van der Waals surface area (Å²) in [6.45, 7) is 9.19. The fraction of sp³-hybridized carbons (Fsp3) is 0.471. The molecule has 0 saturated carbocycles. The summed E-state index contributed by atoms with van der Waals surface area (Å²) in [6.07, 6.45) is 0. The molecule has 1 aliphatic heterocycles. The van der Waals surface area contributed by atoms with Crippen molar-refractivity contribution >= 4 is 11.0 Å². The van der Waals surface area contributed by atoms with Crippen molar-refractivity contribution < 1.29 is 4.42 Å². The number of hydrogen-bond donors (Lipinski definition) is 1. The number of nitrogens with zero attached hydrogens (tertiary/aromatic N) is 1. The van der Waals surface area contributed by atoms with E-state index in [1.54, 1.807) is 6.07 Å². The van der Waals surface area contributed by atoms with Crippen LogP contribution in [0, 0.1) is 6.92 Å². The molecular weight excluding hydrogens is 264 g/mol. The number of fused-ring (bicyclic) bond motifs is 1. The highest BCUT2D eigenvalue weighted by Gasteiger charge is 2.23. The first kappa shape index (κ1) is 14.3. The first-order chi connectivity index (χ1) is 10.0. The molecule has 2 heterocycles. The topological polar surface area (TPSA) is 45.5 Å². The van der Waals surface area contributed by atoms with Gasteiger partial charge in [0.15, 0.2) is 0 Å². The minimum atomic E-state index is -0.265. The highest BCUT2D eigenvalue weighted by Crippen LogP contribution is 2.21. The van der Waals surface area contributed by atoms with Crippen LogP contribution in [0.25, 0.3) is 11.0 Å². The maximum Gasteiger partial charge on any atom is 0.336 e. The van der Waals surface area contributed by atoms with E-state index in [0.717, 1.165) is 36.1 Å². The SMILES string of the molecule is Cc1ccc2c(CN3CC(C)NCC3C)cc(=O)oc2c1. The molecule has 1 N–H and O–H groups in total. The van der Waals surface area contributed by atoms with Crippen molar-refractivity contribution in [2.45, 2.75) is 39.4 Å². The average molecular weight is 286 g/mol. The summed E-state index contributed by atoms with van der Waals surface area (Å²) in [7, 11) is 0.